The zero-order valence-electron chi connectivity index (χ0n) is 11.4. The van der Waals surface area contributed by atoms with E-state index in [0.717, 1.165) is 25.7 Å². The predicted octanol–water partition coefficient (Wildman–Crippen LogP) is 0.593. The number of ether oxygens (including phenoxy) is 1. The van der Waals surface area contributed by atoms with Crippen LogP contribution in [0.15, 0.2) is 0 Å². The van der Waals surface area contributed by atoms with Crippen molar-refractivity contribution in [3.63, 3.8) is 0 Å². The largest absolute Gasteiger partial charge is 0.377 e. The molecule has 0 aromatic rings. The van der Waals surface area contributed by atoms with Crippen LogP contribution in [0, 0.1) is 5.41 Å². The van der Waals surface area contributed by atoms with Crippen molar-refractivity contribution in [2.45, 2.75) is 37.6 Å². The van der Waals surface area contributed by atoms with Crippen LogP contribution in [0.5, 0.6) is 0 Å². The van der Waals surface area contributed by atoms with E-state index in [1.807, 2.05) is 4.90 Å². The second-order valence-corrected chi connectivity index (χ2v) is 8.71. The van der Waals surface area contributed by atoms with Crippen molar-refractivity contribution in [3.8, 4) is 0 Å². The molecule has 0 aromatic carbocycles. The molecule has 0 radical (unpaired) electrons. The number of hydrogen-bond donors (Lipinski definition) is 0. The fourth-order valence-electron chi connectivity index (χ4n) is 3.20. The summed E-state index contributed by atoms with van der Waals surface area (Å²) in [4.78, 5) is 14.4. The number of amides is 1. The highest BCUT2D eigenvalue weighted by atomic mass is 32.2. The van der Waals surface area contributed by atoms with Gasteiger partial charge in [0.15, 0.2) is 0 Å². The molecule has 19 heavy (non-hydrogen) atoms. The third-order valence-electron chi connectivity index (χ3n) is 4.58. The zero-order valence-corrected chi connectivity index (χ0v) is 12.2. The third kappa shape index (κ3) is 2.79. The van der Waals surface area contributed by atoms with Gasteiger partial charge in [0.1, 0.15) is 9.84 Å². The molecule has 3 fully saturated rings. The van der Waals surface area contributed by atoms with E-state index in [1.165, 1.54) is 6.26 Å². The van der Waals surface area contributed by atoms with Crippen LogP contribution in [-0.2, 0) is 19.4 Å². The molecule has 1 saturated heterocycles. The summed E-state index contributed by atoms with van der Waals surface area (Å²) in [7, 11) is -3.00. The molecule has 2 saturated carbocycles. The van der Waals surface area contributed by atoms with Crippen LogP contribution in [0.4, 0.5) is 0 Å². The molecule has 1 amide bonds. The molecule has 0 aromatic heterocycles. The number of morpholine rings is 1. The Morgan fingerprint density at radius 1 is 1.26 bits per heavy atom. The fourth-order valence-corrected chi connectivity index (χ4v) is 4.71. The molecule has 3 rings (SSSR count). The van der Waals surface area contributed by atoms with E-state index in [4.69, 9.17) is 4.74 Å². The number of carbonyl (C=O) groups excluding carboxylic acids is 1. The van der Waals surface area contributed by atoms with Gasteiger partial charge in [-0.1, -0.05) is 0 Å². The molecule has 5 nitrogen and oxygen atoms in total. The Hall–Kier alpha value is -0.620. The minimum atomic E-state index is -3.00. The van der Waals surface area contributed by atoms with Crippen molar-refractivity contribution in [2.75, 3.05) is 31.8 Å². The van der Waals surface area contributed by atoms with Gasteiger partial charge in [0.05, 0.1) is 24.5 Å². The van der Waals surface area contributed by atoms with E-state index in [9.17, 15) is 13.2 Å². The lowest BCUT2D eigenvalue weighted by atomic mass is 10.0. The summed E-state index contributed by atoms with van der Waals surface area (Å²) >= 11 is 0. The van der Waals surface area contributed by atoms with Crippen LogP contribution in [0.2, 0.25) is 0 Å². The molecule has 0 N–H and O–H groups in total. The first-order chi connectivity index (χ1) is 8.84. The Balaban J connectivity index is 1.65. The van der Waals surface area contributed by atoms with Crippen molar-refractivity contribution in [1.82, 2.24) is 4.90 Å². The Morgan fingerprint density at radius 3 is 2.47 bits per heavy atom. The van der Waals surface area contributed by atoms with Crippen molar-refractivity contribution in [2.24, 2.45) is 5.41 Å². The van der Waals surface area contributed by atoms with E-state index < -0.39 is 9.84 Å². The summed E-state index contributed by atoms with van der Waals surface area (Å²) in [6.07, 6.45) is 5.43. The minimum Gasteiger partial charge on any atom is -0.377 e. The molecular formula is C13H21NO4S. The van der Waals surface area contributed by atoms with Crippen molar-refractivity contribution >= 4 is 15.7 Å². The van der Waals surface area contributed by atoms with E-state index in [1.54, 1.807) is 0 Å². The summed E-state index contributed by atoms with van der Waals surface area (Å²) in [6, 6.07) is 0. The molecule has 1 heterocycles. The van der Waals surface area contributed by atoms with Gasteiger partial charge in [-0.05, 0) is 31.1 Å². The second kappa shape index (κ2) is 4.19. The van der Waals surface area contributed by atoms with Crippen LogP contribution >= 0.6 is 0 Å². The molecule has 0 bridgehead atoms. The quantitative estimate of drug-likeness (QED) is 0.759. The number of carbonyl (C=O) groups is 1. The van der Waals surface area contributed by atoms with E-state index in [-0.39, 0.29) is 22.6 Å². The number of rotatable bonds is 4. The van der Waals surface area contributed by atoms with Gasteiger partial charge in [0.25, 0.3) is 0 Å². The van der Waals surface area contributed by atoms with Crippen molar-refractivity contribution < 1.29 is 17.9 Å². The number of nitrogens with zero attached hydrogens (tertiary/aromatic N) is 1. The van der Waals surface area contributed by atoms with Gasteiger partial charge < -0.3 is 9.64 Å². The van der Waals surface area contributed by atoms with Gasteiger partial charge in [0.2, 0.25) is 5.91 Å². The molecule has 3 aliphatic rings. The molecular weight excluding hydrogens is 266 g/mol. The van der Waals surface area contributed by atoms with Crippen LogP contribution < -0.4 is 0 Å². The fraction of sp³-hybridized carbons (Fsp3) is 0.923. The van der Waals surface area contributed by atoms with Crippen molar-refractivity contribution in [3.05, 3.63) is 0 Å². The van der Waals surface area contributed by atoms with E-state index in [2.05, 4.69) is 0 Å². The summed E-state index contributed by atoms with van der Waals surface area (Å²) < 4.78 is 28.3. The molecule has 108 valence electrons. The highest BCUT2D eigenvalue weighted by molar-refractivity contribution is 7.90. The molecule has 2 aliphatic carbocycles. The first-order valence-corrected chi connectivity index (χ1v) is 8.96. The summed E-state index contributed by atoms with van der Waals surface area (Å²) in [5.74, 6) is 0.283. The summed E-state index contributed by atoms with van der Waals surface area (Å²) in [5, 5.41) is 0. The van der Waals surface area contributed by atoms with Crippen LogP contribution in [0.3, 0.4) is 0 Å². The number of sulfone groups is 1. The maximum absolute atomic E-state index is 12.5. The Labute approximate surface area is 114 Å². The first kappa shape index (κ1) is 13.4. The molecule has 1 aliphatic heterocycles. The Bertz CT molecular complexity index is 491. The molecule has 6 heteroatoms. The Morgan fingerprint density at radius 2 is 1.95 bits per heavy atom. The monoisotopic (exact) mass is 287 g/mol. The normalized spacial score (nSPS) is 27.3. The van der Waals surface area contributed by atoms with Gasteiger partial charge in [0, 0.05) is 19.2 Å². The summed E-state index contributed by atoms with van der Waals surface area (Å²) in [6.45, 7) is 1.91. The standard InChI is InChI=1S/C13H21NO4S/c1-19(16,17)10-12(2-3-12)8-11(15)14-6-7-18-9-13(14)4-5-13/h2-10H2,1H3. The van der Waals surface area contributed by atoms with Crippen LogP contribution in [0.25, 0.3) is 0 Å². The second-order valence-electron chi connectivity index (χ2n) is 6.57. The average Bonchev–Trinajstić information content (AvgIpc) is 3.18. The maximum Gasteiger partial charge on any atom is 0.223 e. The van der Waals surface area contributed by atoms with Gasteiger partial charge in [-0.2, -0.15) is 0 Å². The smallest absolute Gasteiger partial charge is 0.223 e. The topological polar surface area (TPSA) is 63.7 Å². The van der Waals surface area contributed by atoms with Gasteiger partial charge in [-0.25, -0.2) is 8.42 Å². The van der Waals surface area contributed by atoms with Gasteiger partial charge >= 0.3 is 0 Å². The first-order valence-electron chi connectivity index (χ1n) is 6.90. The van der Waals surface area contributed by atoms with Crippen molar-refractivity contribution in [1.29, 1.82) is 0 Å². The molecule has 0 unspecified atom stereocenters. The van der Waals surface area contributed by atoms with Gasteiger partial charge in [-0.3, -0.25) is 4.79 Å². The molecule has 1 spiro atoms. The SMILES string of the molecule is CS(=O)(=O)CC1(CC(=O)N2CCOCC23CC3)CC1. The van der Waals surface area contributed by atoms with Gasteiger partial charge in [-0.15, -0.1) is 0 Å². The lowest BCUT2D eigenvalue weighted by Gasteiger charge is -2.37. The third-order valence-corrected chi connectivity index (χ3v) is 5.72. The zero-order chi connectivity index (χ0) is 13.7. The van der Waals surface area contributed by atoms with Crippen LogP contribution in [0.1, 0.15) is 32.1 Å². The average molecular weight is 287 g/mol. The minimum absolute atomic E-state index is 0.0451. The molecule has 0 atom stereocenters. The highest BCUT2D eigenvalue weighted by Gasteiger charge is 2.54. The lowest BCUT2D eigenvalue weighted by Crippen LogP contribution is -2.51. The summed E-state index contributed by atoms with van der Waals surface area (Å²) in [5.41, 5.74) is -0.310. The van der Waals surface area contributed by atoms with E-state index >= 15 is 0 Å². The predicted molar refractivity (Wildman–Crippen MR) is 70.5 cm³/mol. The van der Waals surface area contributed by atoms with E-state index in [0.29, 0.717) is 26.2 Å². The number of hydrogen-bond acceptors (Lipinski definition) is 4. The van der Waals surface area contributed by atoms with Crippen LogP contribution in [-0.4, -0.2) is 56.5 Å². The highest BCUT2D eigenvalue weighted by Crippen LogP contribution is 2.51. The Kier molecular flexibility index (Phi) is 2.94. The lowest BCUT2D eigenvalue weighted by molar-refractivity contribution is -0.142. The maximum atomic E-state index is 12.5.